The summed E-state index contributed by atoms with van der Waals surface area (Å²) in [5.74, 6) is 1.60. The summed E-state index contributed by atoms with van der Waals surface area (Å²) < 4.78 is 0. The quantitative estimate of drug-likeness (QED) is 0.717. The van der Waals surface area contributed by atoms with Crippen molar-refractivity contribution in [2.45, 2.75) is 13.8 Å². The van der Waals surface area contributed by atoms with Crippen molar-refractivity contribution in [3.8, 4) is 11.4 Å². The van der Waals surface area contributed by atoms with Gasteiger partial charge in [0.25, 0.3) is 0 Å². The van der Waals surface area contributed by atoms with E-state index in [0.29, 0.717) is 0 Å². The SMILES string of the molecule is Cc1ccc(-c2n[nH]c(C)n2)cc1. The van der Waals surface area contributed by atoms with Crippen LogP contribution in [-0.4, -0.2) is 15.2 Å². The summed E-state index contributed by atoms with van der Waals surface area (Å²) in [5.41, 5.74) is 2.30. The van der Waals surface area contributed by atoms with Crippen LogP contribution in [0.2, 0.25) is 0 Å². The molecule has 0 aliphatic heterocycles. The van der Waals surface area contributed by atoms with Gasteiger partial charge >= 0.3 is 0 Å². The second kappa shape index (κ2) is 3.01. The van der Waals surface area contributed by atoms with Crippen molar-refractivity contribution in [1.82, 2.24) is 15.2 Å². The molecule has 0 unspecified atom stereocenters. The molecule has 2 rings (SSSR count). The van der Waals surface area contributed by atoms with E-state index in [4.69, 9.17) is 0 Å². The highest BCUT2D eigenvalue weighted by atomic mass is 15.2. The van der Waals surface area contributed by atoms with Crippen LogP contribution in [0.3, 0.4) is 0 Å². The topological polar surface area (TPSA) is 41.6 Å². The van der Waals surface area contributed by atoms with Crippen LogP contribution < -0.4 is 0 Å². The lowest BCUT2D eigenvalue weighted by atomic mass is 10.1. The predicted molar refractivity (Wildman–Crippen MR) is 51.3 cm³/mol. The molecule has 0 aliphatic rings. The number of nitrogens with one attached hydrogen (secondary N) is 1. The van der Waals surface area contributed by atoms with E-state index in [1.165, 1.54) is 5.56 Å². The smallest absolute Gasteiger partial charge is 0.181 e. The first kappa shape index (κ1) is 7.98. The van der Waals surface area contributed by atoms with Crippen LogP contribution in [0.4, 0.5) is 0 Å². The summed E-state index contributed by atoms with van der Waals surface area (Å²) in [4.78, 5) is 4.24. The van der Waals surface area contributed by atoms with Gasteiger partial charge in [-0.3, -0.25) is 5.10 Å². The number of rotatable bonds is 1. The molecule has 0 amide bonds. The summed E-state index contributed by atoms with van der Waals surface area (Å²) in [7, 11) is 0. The summed E-state index contributed by atoms with van der Waals surface area (Å²) >= 11 is 0. The maximum absolute atomic E-state index is 4.24. The van der Waals surface area contributed by atoms with Crippen molar-refractivity contribution in [2.75, 3.05) is 0 Å². The standard InChI is InChI=1S/C10H11N3/c1-7-3-5-9(6-4-7)10-11-8(2)12-13-10/h3-6H,1-2H3,(H,11,12,13). The van der Waals surface area contributed by atoms with Crippen molar-refractivity contribution < 1.29 is 0 Å². The van der Waals surface area contributed by atoms with E-state index in [2.05, 4.69) is 34.2 Å². The minimum atomic E-state index is 0.762. The Balaban J connectivity index is 2.41. The summed E-state index contributed by atoms with van der Waals surface area (Å²) in [6.45, 7) is 3.96. The Bertz CT molecular complexity index is 400. The number of nitrogens with zero attached hydrogens (tertiary/aromatic N) is 2. The minimum absolute atomic E-state index is 0.762. The van der Waals surface area contributed by atoms with Gasteiger partial charge in [0.2, 0.25) is 0 Å². The molecule has 1 N–H and O–H groups in total. The minimum Gasteiger partial charge on any atom is -0.263 e. The highest BCUT2D eigenvalue weighted by Crippen LogP contribution is 2.14. The number of aryl methyl sites for hydroxylation is 2. The van der Waals surface area contributed by atoms with Crippen molar-refractivity contribution >= 4 is 0 Å². The van der Waals surface area contributed by atoms with Gasteiger partial charge in [0, 0.05) is 5.56 Å². The lowest BCUT2D eigenvalue weighted by Crippen LogP contribution is -1.80. The van der Waals surface area contributed by atoms with Crippen LogP contribution in [0, 0.1) is 13.8 Å². The lowest BCUT2D eigenvalue weighted by Gasteiger charge is -1.94. The van der Waals surface area contributed by atoms with Gasteiger partial charge in [-0.2, -0.15) is 5.10 Å². The highest BCUT2D eigenvalue weighted by molar-refractivity contribution is 5.54. The first-order valence-corrected chi connectivity index (χ1v) is 4.22. The molecule has 0 atom stereocenters. The third-order valence-electron chi connectivity index (χ3n) is 1.91. The molecule has 1 heterocycles. The highest BCUT2D eigenvalue weighted by Gasteiger charge is 2.01. The molecule has 2 aromatic rings. The monoisotopic (exact) mass is 173 g/mol. The van der Waals surface area contributed by atoms with Gasteiger partial charge in [-0.1, -0.05) is 29.8 Å². The van der Waals surface area contributed by atoms with E-state index in [-0.39, 0.29) is 0 Å². The number of aromatic nitrogens is 3. The molecule has 0 spiro atoms. The third-order valence-corrected chi connectivity index (χ3v) is 1.91. The Morgan fingerprint density at radius 2 is 1.77 bits per heavy atom. The van der Waals surface area contributed by atoms with E-state index >= 15 is 0 Å². The Kier molecular flexibility index (Phi) is 1.85. The second-order valence-corrected chi connectivity index (χ2v) is 3.11. The molecular formula is C10H11N3. The number of hydrogen-bond acceptors (Lipinski definition) is 2. The van der Waals surface area contributed by atoms with Gasteiger partial charge in [-0.05, 0) is 13.8 Å². The van der Waals surface area contributed by atoms with Crippen LogP contribution in [0.5, 0.6) is 0 Å². The summed E-state index contributed by atoms with van der Waals surface area (Å²) in [6, 6.07) is 8.16. The van der Waals surface area contributed by atoms with E-state index < -0.39 is 0 Å². The van der Waals surface area contributed by atoms with Crippen molar-refractivity contribution in [2.24, 2.45) is 0 Å². The summed E-state index contributed by atoms with van der Waals surface area (Å²) in [5, 5.41) is 6.90. The molecule has 1 aromatic heterocycles. The summed E-state index contributed by atoms with van der Waals surface area (Å²) in [6.07, 6.45) is 0. The molecule has 1 aromatic carbocycles. The molecule has 0 saturated heterocycles. The molecule has 0 bridgehead atoms. The second-order valence-electron chi connectivity index (χ2n) is 3.11. The lowest BCUT2D eigenvalue weighted by molar-refractivity contribution is 1.04. The van der Waals surface area contributed by atoms with Gasteiger partial charge < -0.3 is 0 Å². The van der Waals surface area contributed by atoms with Crippen molar-refractivity contribution in [3.63, 3.8) is 0 Å². The Labute approximate surface area is 76.8 Å². The molecule has 0 aliphatic carbocycles. The maximum atomic E-state index is 4.24. The third kappa shape index (κ3) is 1.59. The maximum Gasteiger partial charge on any atom is 0.181 e. The average Bonchev–Trinajstić information content (AvgIpc) is 2.53. The van der Waals surface area contributed by atoms with Gasteiger partial charge in [0.05, 0.1) is 0 Å². The molecule has 66 valence electrons. The fourth-order valence-corrected chi connectivity index (χ4v) is 1.17. The first-order chi connectivity index (χ1) is 6.25. The van der Waals surface area contributed by atoms with Crippen LogP contribution in [0.1, 0.15) is 11.4 Å². The number of benzene rings is 1. The van der Waals surface area contributed by atoms with Crippen molar-refractivity contribution in [3.05, 3.63) is 35.7 Å². The van der Waals surface area contributed by atoms with E-state index in [1.807, 2.05) is 19.1 Å². The Morgan fingerprint density at radius 3 is 2.31 bits per heavy atom. The number of hydrogen-bond donors (Lipinski definition) is 1. The molecule has 0 fully saturated rings. The average molecular weight is 173 g/mol. The Hall–Kier alpha value is -1.64. The zero-order chi connectivity index (χ0) is 9.26. The van der Waals surface area contributed by atoms with Crippen LogP contribution >= 0.6 is 0 Å². The molecule has 3 nitrogen and oxygen atoms in total. The molecule has 0 radical (unpaired) electrons. The van der Waals surface area contributed by atoms with Gasteiger partial charge in [0.15, 0.2) is 5.82 Å². The molecule has 13 heavy (non-hydrogen) atoms. The van der Waals surface area contributed by atoms with Gasteiger partial charge in [0.1, 0.15) is 5.82 Å². The molecule has 3 heteroatoms. The fraction of sp³-hybridized carbons (Fsp3) is 0.200. The Morgan fingerprint density at radius 1 is 1.08 bits per heavy atom. The largest absolute Gasteiger partial charge is 0.263 e. The molecular weight excluding hydrogens is 162 g/mol. The zero-order valence-corrected chi connectivity index (χ0v) is 7.70. The first-order valence-electron chi connectivity index (χ1n) is 4.22. The van der Waals surface area contributed by atoms with E-state index in [9.17, 15) is 0 Å². The fourth-order valence-electron chi connectivity index (χ4n) is 1.17. The normalized spacial score (nSPS) is 10.3. The van der Waals surface area contributed by atoms with E-state index in [1.54, 1.807) is 0 Å². The molecule has 0 saturated carbocycles. The predicted octanol–water partition coefficient (Wildman–Crippen LogP) is 2.09. The van der Waals surface area contributed by atoms with Gasteiger partial charge in [-0.25, -0.2) is 4.98 Å². The number of aromatic amines is 1. The van der Waals surface area contributed by atoms with Crippen LogP contribution in [0.15, 0.2) is 24.3 Å². The van der Waals surface area contributed by atoms with Crippen molar-refractivity contribution in [1.29, 1.82) is 0 Å². The van der Waals surface area contributed by atoms with Gasteiger partial charge in [-0.15, -0.1) is 0 Å². The zero-order valence-electron chi connectivity index (χ0n) is 7.70. The number of H-pyrrole nitrogens is 1. The van der Waals surface area contributed by atoms with Crippen LogP contribution in [-0.2, 0) is 0 Å². The van der Waals surface area contributed by atoms with E-state index in [0.717, 1.165) is 17.2 Å². The van der Waals surface area contributed by atoms with Crippen LogP contribution in [0.25, 0.3) is 11.4 Å².